The molecule has 0 spiro atoms. The largest absolute Gasteiger partial charge is 0.496 e. The monoisotopic (exact) mass is 824 g/mol. The Bertz CT molecular complexity index is 2450. The van der Waals surface area contributed by atoms with E-state index in [2.05, 4.69) is 53.4 Å². The maximum absolute atomic E-state index is 14.4. The maximum Gasteiger partial charge on any atom is 0.271 e. The molecule has 5 aromatic rings. The highest BCUT2D eigenvalue weighted by atomic mass is 32.1. The van der Waals surface area contributed by atoms with Crippen molar-refractivity contribution in [2.24, 2.45) is 0 Å². The van der Waals surface area contributed by atoms with Crippen molar-refractivity contribution in [3.63, 3.8) is 0 Å². The number of H-pyrrole nitrogens is 2. The first kappa shape index (κ1) is 41.6. The molecule has 4 atom stereocenters. The summed E-state index contributed by atoms with van der Waals surface area (Å²) in [6.45, 7) is 5.64. The molecule has 0 fully saturated rings. The average Bonchev–Trinajstić information content (AvgIpc) is 3.98. The quantitative estimate of drug-likeness (QED) is 0.118. The summed E-state index contributed by atoms with van der Waals surface area (Å²) in [5, 5.41) is 19.1. The molecule has 19 heteroatoms. The summed E-state index contributed by atoms with van der Waals surface area (Å²) in [5.74, 6) is -4.41. The average molecular weight is 825 g/mol. The number of carbonyl (C=O) groups excluding carboxylic acids is 7. The van der Waals surface area contributed by atoms with Gasteiger partial charge in [-0.25, -0.2) is 4.98 Å². The third kappa shape index (κ3) is 9.75. The zero-order valence-corrected chi connectivity index (χ0v) is 33.5. The number of carbonyl (C=O) groups is 7. The van der Waals surface area contributed by atoms with Crippen LogP contribution in [0.4, 0.5) is 0 Å². The molecule has 6 rings (SSSR count). The molecule has 8 N–H and O–H groups in total. The molecule has 2 aromatic carbocycles. The van der Waals surface area contributed by atoms with Crippen molar-refractivity contribution < 1.29 is 38.3 Å². The van der Waals surface area contributed by atoms with Crippen molar-refractivity contribution in [1.29, 1.82) is 0 Å². The van der Waals surface area contributed by atoms with Crippen molar-refractivity contribution in [2.45, 2.75) is 50.9 Å². The molecular weight excluding hydrogens is 781 g/mol. The number of benzene rings is 2. The van der Waals surface area contributed by atoms with Crippen molar-refractivity contribution in [3.05, 3.63) is 94.3 Å². The van der Waals surface area contributed by atoms with Gasteiger partial charge < -0.3 is 51.5 Å². The third-order valence-electron chi connectivity index (χ3n) is 9.70. The molecule has 4 unspecified atom stereocenters. The Hall–Kier alpha value is -7.02. The van der Waals surface area contributed by atoms with Crippen LogP contribution in [-0.4, -0.2) is 107 Å². The number of nitrogens with zero attached hydrogens (tertiary/aromatic N) is 2. The van der Waals surface area contributed by atoms with Gasteiger partial charge in [-0.05, 0) is 43.2 Å². The zero-order chi connectivity index (χ0) is 42.4. The van der Waals surface area contributed by atoms with E-state index in [0.29, 0.717) is 27.3 Å². The molecule has 0 saturated heterocycles. The Morgan fingerprint density at radius 3 is 2.25 bits per heavy atom. The number of fused-ring (bicyclic) bond motifs is 4. The van der Waals surface area contributed by atoms with Gasteiger partial charge in [0.25, 0.3) is 11.8 Å². The second-order valence-electron chi connectivity index (χ2n) is 14.0. The number of aromatic amines is 2. The molecule has 308 valence electrons. The zero-order valence-electron chi connectivity index (χ0n) is 32.7. The summed E-state index contributed by atoms with van der Waals surface area (Å²) in [6, 6.07) is 8.49. The number of rotatable bonds is 5. The van der Waals surface area contributed by atoms with Crippen LogP contribution in [0.5, 0.6) is 5.75 Å². The topological polar surface area (TPSA) is 249 Å². The summed E-state index contributed by atoms with van der Waals surface area (Å²) >= 11 is 1.11. The van der Waals surface area contributed by atoms with Crippen molar-refractivity contribution in [2.75, 3.05) is 27.2 Å². The van der Waals surface area contributed by atoms with Crippen LogP contribution in [0.25, 0.3) is 21.8 Å². The second kappa shape index (κ2) is 18.1. The number of ether oxygens (including phenoxy) is 1. The number of hydrogen-bond donors (Lipinski definition) is 8. The predicted molar refractivity (Wildman–Crippen MR) is 218 cm³/mol. The number of thiazole rings is 1. The molecule has 59 heavy (non-hydrogen) atoms. The fraction of sp³-hybridized carbons (Fsp3) is 0.300. The number of para-hydroxylation sites is 1. The predicted octanol–water partition coefficient (Wildman–Crippen LogP) is 1.08. The molecular formula is C40H44N10O8S. The van der Waals surface area contributed by atoms with Crippen LogP contribution in [0, 0.1) is 0 Å². The van der Waals surface area contributed by atoms with E-state index in [1.807, 2.05) is 30.3 Å². The van der Waals surface area contributed by atoms with Gasteiger partial charge in [0.05, 0.1) is 31.9 Å². The number of methoxy groups -OCH3 is 1. The Morgan fingerprint density at radius 1 is 0.797 bits per heavy atom. The maximum atomic E-state index is 14.4. The van der Waals surface area contributed by atoms with Crippen molar-refractivity contribution in [1.82, 2.24) is 51.8 Å². The third-order valence-corrected chi connectivity index (χ3v) is 10.7. The highest BCUT2D eigenvalue weighted by Crippen LogP contribution is 2.29. The molecule has 7 amide bonds. The molecule has 4 heterocycles. The molecule has 2 bridgehead atoms. The minimum absolute atomic E-state index is 0.0152. The summed E-state index contributed by atoms with van der Waals surface area (Å²) < 4.78 is 5.59. The van der Waals surface area contributed by atoms with Crippen LogP contribution in [0.15, 0.2) is 72.5 Å². The van der Waals surface area contributed by atoms with Crippen LogP contribution in [0.2, 0.25) is 0 Å². The van der Waals surface area contributed by atoms with E-state index in [0.717, 1.165) is 32.7 Å². The van der Waals surface area contributed by atoms with E-state index in [9.17, 15) is 33.6 Å². The van der Waals surface area contributed by atoms with Crippen LogP contribution >= 0.6 is 11.3 Å². The summed E-state index contributed by atoms with van der Waals surface area (Å²) in [5.41, 5.74) is 2.52. The minimum atomic E-state index is -1.28. The number of likely N-dealkylation sites (N-methyl/N-ethyl adjacent to an activating group) is 1. The normalized spacial score (nSPS) is 20.9. The lowest BCUT2D eigenvalue weighted by Gasteiger charge is -2.23. The van der Waals surface area contributed by atoms with E-state index in [-0.39, 0.29) is 24.2 Å². The van der Waals surface area contributed by atoms with Gasteiger partial charge in [0.15, 0.2) is 0 Å². The number of aromatic nitrogens is 3. The van der Waals surface area contributed by atoms with E-state index in [4.69, 9.17) is 4.74 Å². The molecule has 18 nitrogen and oxygen atoms in total. The highest BCUT2D eigenvalue weighted by molar-refractivity contribution is 7.09. The molecule has 3 aromatic heterocycles. The van der Waals surface area contributed by atoms with Gasteiger partial charge in [-0.15, -0.1) is 11.3 Å². The Labute approximate surface area is 341 Å². The van der Waals surface area contributed by atoms with Gasteiger partial charge in [-0.1, -0.05) is 30.8 Å². The smallest absolute Gasteiger partial charge is 0.271 e. The molecule has 1 aliphatic rings. The fourth-order valence-corrected chi connectivity index (χ4v) is 7.44. The lowest BCUT2D eigenvalue weighted by molar-refractivity contribution is -0.133. The summed E-state index contributed by atoms with van der Waals surface area (Å²) in [4.78, 5) is 106. The van der Waals surface area contributed by atoms with Gasteiger partial charge in [-0.2, -0.15) is 0 Å². The van der Waals surface area contributed by atoms with E-state index < -0.39 is 78.6 Å². The molecule has 0 aliphatic carbocycles. The van der Waals surface area contributed by atoms with Crippen molar-refractivity contribution >= 4 is 74.5 Å². The van der Waals surface area contributed by atoms with E-state index in [1.54, 1.807) is 31.5 Å². The number of nitrogens with one attached hydrogen (secondary N) is 8. The Balaban J connectivity index is 1.34. The number of hydrogen-bond acceptors (Lipinski definition) is 10. The first-order chi connectivity index (χ1) is 28.2. The summed E-state index contributed by atoms with van der Waals surface area (Å²) in [6.07, 6.45) is 3.39. The molecule has 1 aliphatic heterocycles. The van der Waals surface area contributed by atoms with Crippen molar-refractivity contribution in [3.8, 4) is 5.75 Å². The Kier molecular flexibility index (Phi) is 12.7. The number of amides is 7. The Morgan fingerprint density at radius 2 is 1.47 bits per heavy atom. The van der Waals surface area contributed by atoms with Gasteiger partial charge in [0, 0.05) is 59.5 Å². The highest BCUT2D eigenvalue weighted by Gasteiger charge is 2.31. The lowest BCUT2D eigenvalue weighted by atomic mass is 10.0. The lowest BCUT2D eigenvalue weighted by Crippen LogP contribution is -2.56. The first-order valence-electron chi connectivity index (χ1n) is 18.6. The fourth-order valence-electron chi connectivity index (χ4n) is 6.63. The second-order valence-corrected chi connectivity index (χ2v) is 14.9. The summed E-state index contributed by atoms with van der Waals surface area (Å²) in [7, 11) is 2.86. The van der Waals surface area contributed by atoms with Gasteiger partial charge in [-0.3, -0.25) is 33.6 Å². The van der Waals surface area contributed by atoms with E-state index >= 15 is 0 Å². The molecule has 0 radical (unpaired) electrons. The molecule has 0 saturated carbocycles. The first-order valence-corrected chi connectivity index (χ1v) is 19.5. The van der Waals surface area contributed by atoms with Gasteiger partial charge >= 0.3 is 0 Å². The van der Waals surface area contributed by atoms with Gasteiger partial charge in [0.2, 0.25) is 29.5 Å². The SMILES string of the molecule is C=C1NC(=O)C(C)NC(=O)CNC(=O)C(Cc2c[nH]c3cccc(OC)c23)NC(=O)C(Cc2c[nH]c3ccccc23)NC(=O)c2csc(n2)C(C)NC(=O)CN(C)C1=O. The van der Waals surface area contributed by atoms with Crippen LogP contribution in [0.3, 0.4) is 0 Å². The van der Waals surface area contributed by atoms with Gasteiger partial charge in [0.1, 0.15) is 34.6 Å². The van der Waals surface area contributed by atoms with Crippen LogP contribution in [-0.2, 0) is 41.6 Å². The standard InChI is InChI=1S/C40H44N10O8S/c1-20-35(53)46-22(3)40(57)50(4)18-33(52)45-21(2)39-49-30(19-59-39)38(56)48-29(13-23-15-41-26-10-7-6-9-25(23)26)37(55)47-28(36(54)43-17-32(51)44-20)14-24-16-42-27-11-8-12-31(58-5)34(24)27/h6-12,15-16,19-21,28-29,41-42H,3,13-14,17-18H2,1-2,4-5H3,(H,43,54)(H,44,51)(H,45,52)(H,46,53)(H,47,55)(H,48,56). The van der Waals surface area contributed by atoms with E-state index in [1.165, 1.54) is 26.5 Å². The van der Waals surface area contributed by atoms with Crippen LogP contribution in [0.1, 0.15) is 46.5 Å². The van der Waals surface area contributed by atoms with Crippen LogP contribution < -0.4 is 36.6 Å². The minimum Gasteiger partial charge on any atom is -0.496 e.